The first-order chi connectivity index (χ1) is 7.43. The summed E-state index contributed by atoms with van der Waals surface area (Å²) in [6.45, 7) is 5.97. The van der Waals surface area contributed by atoms with E-state index < -0.39 is 0 Å². The number of rotatable bonds is 5. The molecule has 16 heavy (non-hydrogen) atoms. The van der Waals surface area contributed by atoms with Crippen molar-refractivity contribution in [2.75, 3.05) is 7.11 Å². The molecule has 0 aliphatic heterocycles. The largest absolute Gasteiger partial charge is 0.393 e. The smallest absolute Gasteiger partial charge is 0.0662 e. The van der Waals surface area contributed by atoms with Gasteiger partial charge in [-0.15, -0.1) is 0 Å². The van der Waals surface area contributed by atoms with Crippen molar-refractivity contribution < 1.29 is 9.84 Å². The molecule has 1 aromatic carbocycles. The van der Waals surface area contributed by atoms with E-state index >= 15 is 0 Å². The first-order valence-electron chi connectivity index (χ1n) is 5.74. The average Bonchev–Trinajstić information content (AvgIpc) is 2.20. The number of aliphatic hydroxyl groups excluding tert-OH is 1. The van der Waals surface area contributed by atoms with Gasteiger partial charge in [-0.3, -0.25) is 0 Å². The topological polar surface area (TPSA) is 29.5 Å². The predicted octanol–water partition coefficient (Wildman–Crippen LogP) is 2.58. The molecule has 1 rings (SSSR count). The molecule has 0 amide bonds. The molecule has 0 saturated heterocycles. The van der Waals surface area contributed by atoms with Crippen LogP contribution >= 0.6 is 0 Å². The molecule has 1 aromatic rings. The van der Waals surface area contributed by atoms with E-state index in [1.807, 2.05) is 6.92 Å². The van der Waals surface area contributed by atoms with Gasteiger partial charge >= 0.3 is 0 Å². The van der Waals surface area contributed by atoms with Crippen LogP contribution in [0.1, 0.15) is 31.9 Å². The Morgan fingerprint density at radius 2 is 1.69 bits per heavy atom. The van der Waals surface area contributed by atoms with Crippen LogP contribution in [0.5, 0.6) is 0 Å². The van der Waals surface area contributed by atoms with Crippen molar-refractivity contribution in [2.45, 2.75) is 45.3 Å². The van der Waals surface area contributed by atoms with Crippen LogP contribution in [-0.2, 0) is 17.6 Å². The van der Waals surface area contributed by atoms with Gasteiger partial charge in [0.2, 0.25) is 0 Å². The van der Waals surface area contributed by atoms with Gasteiger partial charge in [0.05, 0.1) is 11.7 Å². The van der Waals surface area contributed by atoms with E-state index in [0.717, 1.165) is 6.42 Å². The highest BCUT2D eigenvalue weighted by molar-refractivity contribution is 5.24. The zero-order chi connectivity index (χ0) is 12.2. The third-order valence-corrected chi connectivity index (χ3v) is 2.74. The molecule has 0 spiro atoms. The molecule has 90 valence electrons. The van der Waals surface area contributed by atoms with Crippen molar-refractivity contribution >= 4 is 0 Å². The van der Waals surface area contributed by atoms with Gasteiger partial charge in [0.15, 0.2) is 0 Å². The Morgan fingerprint density at radius 3 is 2.12 bits per heavy atom. The van der Waals surface area contributed by atoms with Gasteiger partial charge in [-0.2, -0.15) is 0 Å². The highest BCUT2D eigenvalue weighted by Crippen LogP contribution is 2.16. The number of hydrogen-bond acceptors (Lipinski definition) is 2. The van der Waals surface area contributed by atoms with Crippen LogP contribution in [0, 0.1) is 0 Å². The van der Waals surface area contributed by atoms with Gasteiger partial charge in [0.25, 0.3) is 0 Å². The zero-order valence-electron chi connectivity index (χ0n) is 10.7. The lowest BCUT2D eigenvalue weighted by Gasteiger charge is -2.22. The molecule has 0 aliphatic carbocycles. The van der Waals surface area contributed by atoms with Crippen LogP contribution in [0.4, 0.5) is 0 Å². The molecular formula is C14H22O2. The van der Waals surface area contributed by atoms with Gasteiger partial charge in [-0.1, -0.05) is 24.3 Å². The van der Waals surface area contributed by atoms with Crippen molar-refractivity contribution in [3.05, 3.63) is 35.4 Å². The second-order valence-electron chi connectivity index (χ2n) is 5.01. The summed E-state index contributed by atoms with van der Waals surface area (Å²) in [7, 11) is 1.74. The fourth-order valence-corrected chi connectivity index (χ4v) is 1.70. The van der Waals surface area contributed by atoms with Crippen molar-refractivity contribution in [1.29, 1.82) is 0 Å². The molecule has 2 heteroatoms. The monoisotopic (exact) mass is 222 g/mol. The number of hydrogen-bond donors (Lipinski definition) is 1. The molecule has 1 atom stereocenters. The minimum absolute atomic E-state index is 0.119. The lowest BCUT2D eigenvalue weighted by molar-refractivity contribution is 0.0232. The van der Waals surface area contributed by atoms with Crippen molar-refractivity contribution in [1.82, 2.24) is 0 Å². The van der Waals surface area contributed by atoms with E-state index in [4.69, 9.17) is 4.74 Å². The van der Waals surface area contributed by atoms with Crippen LogP contribution in [-0.4, -0.2) is 23.9 Å². The second kappa shape index (κ2) is 5.46. The number of aliphatic hydroxyl groups is 1. The van der Waals surface area contributed by atoms with Gasteiger partial charge < -0.3 is 9.84 Å². The van der Waals surface area contributed by atoms with E-state index in [2.05, 4.69) is 38.1 Å². The van der Waals surface area contributed by atoms with Gasteiger partial charge in [-0.05, 0) is 38.3 Å². The Hall–Kier alpha value is -0.860. The first kappa shape index (κ1) is 13.2. The molecule has 0 heterocycles. The Balaban J connectivity index is 2.64. The first-order valence-corrected chi connectivity index (χ1v) is 5.74. The fourth-order valence-electron chi connectivity index (χ4n) is 1.70. The van der Waals surface area contributed by atoms with Crippen molar-refractivity contribution in [3.8, 4) is 0 Å². The minimum Gasteiger partial charge on any atom is -0.393 e. The zero-order valence-corrected chi connectivity index (χ0v) is 10.7. The quantitative estimate of drug-likeness (QED) is 0.829. The van der Waals surface area contributed by atoms with Gasteiger partial charge in [-0.25, -0.2) is 0 Å². The lowest BCUT2D eigenvalue weighted by Crippen LogP contribution is -2.25. The molecule has 0 radical (unpaired) electrons. The predicted molar refractivity (Wildman–Crippen MR) is 66.6 cm³/mol. The van der Waals surface area contributed by atoms with Gasteiger partial charge in [0, 0.05) is 13.5 Å². The summed E-state index contributed by atoms with van der Waals surface area (Å²) < 4.78 is 5.40. The highest BCUT2D eigenvalue weighted by Gasteiger charge is 2.16. The maximum absolute atomic E-state index is 9.28. The Morgan fingerprint density at radius 1 is 1.19 bits per heavy atom. The van der Waals surface area contributed by atoms with Crippen LogP contribution in [0.25, 0.3) is 0 Å². The van der Waals surface area contributed by atoms with Crippen LogP contribution in [0.2, 0.25) is 0 Å². The molecule has 0 bridgehead atoms. The standard InChI is InChI=1S/C14H22O2/c1-11(15)9-12-5-7-13(8-6-12)10-14(2,3)16-4/h5-8,11,15H,9-10H2,1-4H3. The maximum atomic E-state index is 9.28. The minimum atomic E-state index is -0.277. The molecule has 1 unspecified atom stereocenters. The van der Waals surface area contributed by atoms with Crippen LogP contribution in [0.3, 0.4) is 0 Å². The SMILES string of the molecule is COC(C)(C)Cc1ccc(CC(C)O)cc1. The number of methoxy groups -OCH3 is 1. The molecule has 0 fully saturated rings. The summed E-state index contributed by atoms with van der Waals surface area (Å²) in [5.41, 5.74) is 2.32. The van der Waals surface area contributed by atoms with Crippen molar-refractivity contribution in [3.63, 3.8) is 0 Å². The van der Waals surface area contributed by atoms with E-state index in [-0.39, 0.29) is 11.7 Å². The summed E-state index contributed by atoms with van der Waals surface area (Å²) in [6.07, 6.45) is 1.34. The molecular weight excluding hydrogens is 200 g/mol. The van der Waals surface area contributed by atoms with E-state index in [1.165, 1.54) is 11.1 Å². The molecule has 1 N–H and O–H groups in total. The van der Waals surface area contributed by atoms with Crippen molar-refractivity contribution in [2.24, 2.45) is 0 Å². The molecule has 0 aliphatic rings. The molecule has 0 saturated carbocycles. The number of benzene rings is 1. The lowest BCUT2D eigenvalue weighted by atomic mass is 9.97. The van der Waals surface area contributed by atoms with Crippen LogP contribution < -0.4 is 0 Å². The van der Waals surface area contributed by atoms with Crippen LogP contribution in [0.15, 0.2) is 24.3 Å². The third-order valence-electron chi connectivity index (χ3n) is 2.74. The number of ether oxygens (including phenoxy) is 1. The Kier molecular flexibility index (Phi) is 4.51. The normalized spacial score (nSPS) is 13.8. The summed E-state index contributed by atoms with van der Waals surface area (Å²) in [5, 5.41) is 9.28. The Bertz CT molecular complexity index is 312. The summed E-state index contributed by atoms with van der Waals surface area (Å²) in [4.78, 5) is 0. The van der Waals surface area contributed by atoms with E-state index in [0.29, 0.717) is 6.42 Å². The fraction of sp³-hybridized carbons (Fsp3) is 0.571. The summed E-state index contributed by atoms with van der Waals surface area (Å²) in [6, 6.07) is 8.37. The van der Waals surface area contributed by atoms with Gasteiger partial charge in [0.1, 0.15) is 0 Å². The summed E-state index contributed by atoms with van der Waals surface area (Å²) in [5.74, 6) is 0. The molecule has 2 nitrogen and oxygen atoms in total. The molecule has 0 aromatic heterocycles. The maximum Gasteiger partial charge on any atom is 0.0662 e. The average molecular weight is 222 g/mol. The third kappa shape index (κ3) is 4.33. The summed E-state index contributed by atoms with van der Waals surface area (Å²) >= 11 is 0. The highest BCUT2D eigenvalue weighted by atomic mass is 16.5. The second-order valence-corrected chi connectivity index (χ2v) is 5.01. The van der Waals surface area contributed by atoms with E-state index in [1.54, 1.807) is 7.11 Å². The Labute approximate surface area is 98.3 Å². The van der Waals surface area contributed by atoms with E-state index in [9.17, 15) is 5.11 Å².